The first-order valence-electron chi connectivity index (χ1n) is 4.91. The van der Waals surface area contributed by atoms with E-state index in [-0.39, 0.29) is 0 Å². The van der Waals surface area contributed by atoms with Crippen LogP contribution in [0.1, 0.15) is 11.4 Å². The van der Waals surface area contributed by atoms with Crippen molar-refractivity contribution >= 4 is 11.3 Å². The third-order valence-electron chi connectivity index (χ3n) is 2.27. The average Bonchev–Trinajstić information content (AvgIpc) is 2.85. The second-order valence-corrected chi connectivity index (χ2v) is 4.07. The Bertz CT molecular complexity index is 393. The third kappa shape index (κ3) is 2.87. The minimum absolute atomic E-state index is 0.849. The van der Waals surface area contributed by atoms with Crippen molar-refractivity contribution in [1.29, 1.82) is 0 Å². The summed E-state index contributed by atoms with van der Waals surface area (Å²) in [5.74, 6) is 0. The van der Waals surface area contributed by atoms with E-state index in [1.54, 1.807) is 11.3 Å². The summed E-state index contributed by atoms with van der Waals surface area (Å²) >= 11 is 1.63. The summed E-state index contributed by atoms with van der Waals surface area (Å²) in [5, 5.41) is 9.55. The topological polar surface area (TPSA) is 42.7 Å². The zero-order valence-corrected chi connectivity index (χ0v) is 9.50. The molecule has 0 amide bonds. The monoisotopic (exact) mass is 222 g/mol. The van der Waals surface area contributed by atoms with Crippen molar-refractivity contribution in [3.63, 3.8) is 0 Å². The molecular weight excluding hydrogens is 208 g/mol. The van der Waals surface area contributed by atoms with Gasteiger partial charge in [-0.3, -0.25) is 4.68 Å². The minimum Gasteiger partial charge on any atom is -0.311 e. The largest absolute Gasteiger partial charge is 0.311 e. The van der Waals surface area contributed by atoms with Crippen LogP contribution in [0.5, 0.6) is 0 Å². The molecule has 0 fully saturated rings. The molecule has 0 spiro atoms. The molecule has 0 unspecified atom stereocenters. The van der Waals surface area contributed by atoms with E-state index in [0.29, 0.717) is 0 Å². The Morgan fingerprint density at radius 2 is 2.47 bits per heavy atom. The molecule has 2 aromatic heterocycles. The number of hydrogen-bond donors (Lipinski definition) is 1. The van der Waals surface area contributed by atoms with Gasteiger partial charge in [0.25, 0.3) is 0 Å². The van der Waals surface area contributed by atoms with Gasteiger partial charge in [-0.1, -0.05) is 0 Å². The molecule has 80 valence electrons. The van der Waals surface area contributed by atoms with Gasteiger partial charge >= 0.3 is 0 Å². The summed E-state index contributed by atoms with van der Waals surface area (Å²) in [7, 11) is 1.97. The number of hydrogen-bond acceptors (Lipinski definition) is 4. The van der Waals surface area contributed by atoms with E-state index in [2.05, 4.69) is 20.8 Å². The van der Waals surface area contributed by atoms with Crippen LogP contribution in [0.25, 0.3) is 0 Å². The molecule has 2 rings (SSSR count). The van der Waals surface area contributed by atoms with E-state index in [1.165, 1.54) is 5.69 Å². The van der Waals surface area contributed by atoms with Crippen LogP contribution >= 0.6 is 11.3 Å². The highest BCUT2D eigenvalue weighted by Gasteiger charge is 1.98. The number of nitrogens with zero attached hydrogens (tertiary/aromatic N) is 3. The van der Waals surface area contributed by atoms with Crippen LogP contribution in [0.3, 0.4) is 0 Å². The van der Waals surface area contributed by atoms with Gasteiger partial charge in [0.15, 0.2) is 0 Å². The molecule has 0 aromatic carbocycles. The standard InChI is InChI=1S/C10H14N4S/c1-14-10(3-5-13-14)2-4-11-6-9-7-15-8-12-9/h3,5,7-8,11H,2,4,6H2,1H3. The van der Waals surface area contributed by atoms with Gasteiger partial charge in [0.05, 0.1) is 11.2 Å². The van der Waals surface area contributed by atoms with E-state index < -0.39 is 0 Å². The molecule has 0 atom stereocenters. The minimum atomic E-state index is 0.849. The van der Waals surface area contributed by atoms with Crippen molar-refractivity contribution in [3.8, 4) is 0 Å². The van der Waals surface area contributed by atoms with Crippen LogP contribution in [0.2, 0.25) is 0 Å². The SMILES string of the molecule is Cn1nccc1CCNCc1cscn1. The number of rotatable bonds is 5. The van der Waals surface area contributed by atoms with Gasteiger partial charge in [0, 0.05) is 43.8 Å². The predicted octanol–water partition coefficient (Wildman–Crippen LogP) is 1.21. The second kappa shape index (κ2) is 5.04. The first kappa shape index (κ1) is 10.3. The molecule has 5 heteroatoms. The predicted molar refractivity (Wildman–Crippen MR) is 60.7 cm³/mol. The fourth-order valence-electron chi connectivity index (χ4n) is 1.40. The smallest absolute Gasteiger partial charge is 0.0795 e. The summed E-state index contributed by atoms with van der Waals surface area (Å²) in [4.78, 5) is 4.21. The lowest BCUT2D eigenvalue weighted by Crippen LogP contribution is -2.18. The molecule has 1 N–H and O–H groups in total. The molecule has 2 heterocycles. The molecule has 2 aromatic rings. The Balaban J connectivity index is 1.70. The van der Waals surface area contributed by atoms with Crippen molar-refractivity contribution in [3.05, 3.63) is 34.5 Å². The maximum atomic E-state index is 4.21. The molecule has 0 aliphatic carbocycles. The molecule has 0 radical (unpaired) electrons. The first-order chi connectivity index (χ1) is 7.36. The van der Waals surface area contributed by atoms with Gasteiger partial charge in [-0.15, -0.1) is 11.3 Å². The molecule has 15 heavy (non-hydrogen) atoms. The molecular formula is C10H14N4S. The van der Waals surface area contributed by atoms with Crippen LogP contribution in [0.15, 0.2) is 23.2 Å². The second-order valence-electron chi connectivity index (χ2n) is 3.35. The van der Waals surface area contributed by atoms with Crippen molar-refractivity contribution < 1.29 is 0 Å². The van der Waals surface area contributed by atoms with Crippen molar-refractivity contribution in [2.45, 2.75) is 13.0 Å². The zero-order valence-electron chi connectivity index (χ0n) is 8.68. The van der Waals surface area contributed by atoms with Crippen LogP contribution in [0.4, 0.5) is 0 Å². The summed E-state index contributed by atoms with van der Waals surface area (Å²) in [6.07, 6.45) is 2.83. The van der Waals surface area contributed by atoms with E-state index in [1.807, 2.05) is 29.5 Å². The van der Waals surface area contributed by atoms with E-state index in [0.717, 1.165) is 25.2 Å². The van der Waals surface area contributed by atoms with Crippen LogP contribution in [-0.4, -0.2) is 21.3 Å². The summed E-state index contributed by atoms with van der Waals surface area (Å²) in [6, 6.07) is 2.05. The van der Waals surface area contributed by atoms with Gasteiger partial charge < -0.3 is 5.32 Å². The van der Waals surface area contributed by atoms with Crippen molar-refractivity contribution in [2.24, 2.45) is 7.05 Å². The molecule has 0 saturated heterocycles. The average molecular weight is 222 g/mol. The Kier molecular flexibility index (Phi) is 3.47. The van der Waals surface area contributed by atoms with E-state index in [4.69, 9.17) is 0 Å². The first-order valence-corrected chi connectivity index (χ1v) is 5.85. The fraction of sp³-hybridized carbons (Fsp3) is 0.400. The molecule has 0 bridgehead atoms. The lowest BCUT2D eigenvalue weighted by Gasteiger charge is -2.03. The molecule has 0 saturated carbocycles. The quantitative estimate of drug-likeness (QED) is 0.773. The number of aryl methyl sites for hydroxylation is 1. The number of nitrogens with one attached hydrogen (secondary N) is 1. The Morgan fingerprint density at radius 1 is 1.53 bits per heavy atom. The normalized spacial score (nSPS) is 10.7. The Hall–Kier alpha value is -1.20. The highest BCUT2D eigenvalue weighted by Crippen LogP contribution is 2.00. The van der Waals surface area contributed by atoms with Gasteiger partial charge in [-0.05, 0) is 6.07 Å². The van der Waals surface area contributed by atoms with E-state index >= 15 is 0 Å². The Morgan fingerprint density at radius 3 is 3.13 bits per heavy atom. The molecule has 0 aliphatic rings. The lowest BCUT2D eigenvalue weighted by molar-refractivity contribution is 0.638. The molecule has 4 nitrogen and oxygen atoms in total. The molecule has 0 aliphatic heterocycles. The third-order valence-corrected chi connectivity index (χ3v) is 2.91. The van der Waals surface area contributed by atoms with Crippen LogP contribution < -0.4 is 5.32 Å². The Labute approximate surface area is 93.0 Å². The summed E-state index contributed by atoms with van der Waals surface area (Å²) < 4.78 is 1.91. The maximum absolute atomic E-state index is 4.21. The highest BCUT2D eigenvalue weighted by atomic mass is 32.1. The fourth-order valence-corrected chi connectivity index (χ4v) is 1.96. The van der Waals surface area contributed by atoms with Gasteiger partial charge in [-0.25, -0.2) is 4.98 Å². The maximum Gasteiger partial charge on any atom is 0.0795 e. The summed E-state index contributed by atoms with van der Waals surface area (Å²) in [5.41, 5.74) is 4.23. The van der Waals surface area contributed by atoms with E-state index in [9.17, 15) is 0 Å². The van der Waals surface area contributed by atoms with Crippen LogP contribution in [-0.2, 0) is 20.0 Å². The zero-order chi connectivity index (χ0) is 10.5. The van der Waals surface area contributed by atoms with Gasteiger partial charge in [0.1, 0.15) is 0 Å². The highest BCUT2D eigenvalue weighted by molar-refractivity contribution is 7.07. The summed E-state index contributed by atoms with van der Waals surface area (Å²) in [6.45, 7) is 1.80. The number of thiazole rings is 1. The van der Waals surface area contributed by atoms with Gasteiger partial charge in [-0.2, -0.15) is 5.10 Å². The van der Waals surface area contributed by atoms with Crippen molar-refractivity contribution in [2.75, 3.05) is 6.54 Å². The number of aromatic nitrogens is 3. The van der Waals surface area contributed by atoms with Crippen LogP contribution in [0, 0.1) is 0 Å². The lowest BCUT2D eigenvalue weighted by atomic mass is 10.3. The van der Waals surface area contributed by atoms with Crippen molar-refractivity contribution in [1.82, 2.24) is 20.1 Å². The van der Waals surface area contributed by atoms with Gasteiger partial charge in [0.2, 0.25) is 0 Å².